The molecule has 5 heteroatoms. The van der Waals surface area contributed by atoms with E-state index in [-0.39, 0.29) is 6.04 Å². The minimum absolute atomic E-state index is 0.111. The van der Waals surface area contributed by atoms with Crippen LogP contribution in [0.4, 0.5) is 5.69 Å². The Morgan fingerprint density at radius 2 is 1.95 bits per heavy atom. The molecule has 2 rings (SSSR count). The van der Waals surface area contributed by atoms with E-state index in [1.165, 1.54) is 0 Å². The molecule has 3 nitrogen and oxygen atoms in total. The summed E-state index contributed by atoms with van der Waals surface area (Å²) in [6.07, 6.45) is 0. The Bertz CT molecular complexity index is 575. The topological polar surface area (TPSA) is 47.3 Å². The molecule has 1 atom stereocenters. The zero-order chi connectivity index (χ0) is 14.5. The predicted octanol–water partition coefficient (Wildman–Crippen LogP) is 4.22. The third-order valence-electron chi connectivity index (χ3n) is 3.00. The number of benzene rings is 2. The van der Waals surface area contributed by atoms with Crippen molar-refractivity contribution in [2.45, 2.75) is 6.04 Å². The number of rotatable bonds is 5. The summed E-state index contributed by atoms with van der Waals surface area (Å²) in [5.41, 5.74) is 7.74. The van der Waals surface area contributed by atoms with Gasteiger partial charge in [0.2, 0.25) is 0 Å². The standard InChI is InChI=1S/C15H16BrClN2O/c1-20-14-4-2-3-12(17)15(14)13(9-18)19-11-7-5-10(16)6-8-11/h2-8,13,19H,9,18H2,1H3. The zero-order valence-corrected chi connectivity index (χ0v) is 13.4. The first-order valence-corrected chi connectivity index (χ1v) is 7.37. The Kier molecular flexibility index (Phi) is 5.29. The number of hydrogen-bond acceptors (Lipinski definition) is 3. The largest absolute Gasteiger partial charge is 0.496 e. The highest BCUT2D eigenvalue weighted by atomic mass is 79.9. The van der Waals surface area contributed by atoms with Gasteiger partial charge in [-0.25, -0.2) is 0 Å². The third kappa shape index (κ3) is 3.45. The molecule has 0 saturated heterocycles. The Morgan fingerprint density at radius 1 is 1.25 bits per heavy atom. The number of nitrogens with one attached hydrogen (secondary N) is 1. The van der Waals surface area contributed by atoms with Crippen LogP contribution in [0.1, 0.15) is 11.6 Å². The molecule has 0 aromatic heterocycles. The fourth-order valence-corrected chi connectivity index (χ4v) is 2.59. The van der Waals surface area contributed by atoms with Gasteiger partial charge in [0.25, 0.3) is 0 Å². The summed E-state index contributed by atoms with van der Waals surface area (Å²) >= 11 is 9.70. The number of hydrogen-bond donors (Lipinski definition) is 2. The highest BCUT2D eigenvalue weighted by Crippen LogP contribution is 2.33. The van der Waals surface area contributed by atoms with Crippen LogP contribution in [-0.4, -0.2) is 13.7 Å². The van der Waals surface area contributed by atoms with Crippen LogP contribution in [-0.2, 0) is 0 Å². The molecule has 0 fully saturated rings. The molecule has 0 aliphatic rings. The van der Waals surface area contributed by atoms with Crippen LogP contribution in [0, 0.1) is 0 Å². The number of methoxy groups -OCH3 is 1. The first-order chi connectivity index (χ1) is 9.65. The van der Waals surface area contributed by atoms with Gasteiger partial charge >= 0.3 is 0 Å². The van der Waals surface area contributed by atoms with E-state index in [1.807, 2.05) is 42.5 Å². The van der Waals surface area contributed by atoms with Crippen LogP contribution in [0.15, 0.2) is 46.9 Å². The highest BCUT2D eigenvalue weighted by molar-refractivity contribution is 9.10. The molecule has 0 radical (unpaired) electrons. The molecule has 0 spiro atoms. The fourth-order valence-electron chi connectivity index (χ4n) is 2.03. The molecule has 0 aliphatic carbocycles. The van der Waals surface area contributed by atoms with E-state index >= 15 is 0 Å². The van der Waals surface area contributed by atoms with Crippen LogP contribution in [0.25, 0.3) is 0 Å². The van der Waals surface area contributed by atoms with Crippen LogP contribution < -0.4 is 15.8 Å². The van der Waals surface area contributed by atoms with Gasteiger partial charge in [-0.1, -0.05) is 33.6 Å². The van der Waals surface area contributed by atoms with Crippen LogP contribution in [0.5, 0.6) is 5.75 Å². The summed E-state index contributed by atoms with van der Waals surface area (Å²) in [6, 6.07) is 13.4. The van der Waals surface area contributed by atoms with Gasteiger partial charge in [0.15, 0.2) is 0 Å². The van der Waals surface area contributed by atoms with E-state index in [0.717, 1.165) is 21.5 Å². The first-order valence-electron chi connectivity index (χ1n) is 6.20. The van der Waals surface area contributed by atoms with Crippen molar-refractivity contribution in [1.82, 2.24) is 0 Å². The number of anilines is 1. The number of nitrogens with two attached hydrogens (primary N) is 1. The molecule has 1 unspecified atom stereocenters. The van der Waals surface area contributed by atoms with Crippen molar-refractivity contribution < 1.29 is 4.74 Å². The molecule has 0 amide bonds. The van der Waals surface area contributed by atoms with E-state index in [2.05, 4.69) is 21.2 Å². The summed E-state index contributed by atoms with van der Waals surface area (Å²) < 4.78 is 6.41. The van der Waals surface area contributed by atoms with Gasteiger partial charge < -0.3 is 15.8 Å². The third-order valence-corrected chi connectivity index (χ3v) is 3.86. The van der Waals surface area contributed by atoms with Crippen LogP contribution in [0.2, 0.25) is 5.02 Å². The maximum absolute atomic E-state index is 6.29. The molecular weight excluding hydrogens is 340 g/mol. The Morgan fingerprint density at radius 3 is 2.55 bits per heavy atom. The fraction of sp³-hybridized carbons (Fsp3) is 0.200. The molecular formula is C15H16BrClN2O. The van der Waals surface area contributed by atoms with Crippen LogP contribution in [0.3, 0.4) is 0 Å². The quantitative estimate of drug-likeness (QED) is 0.844. The zero-order valence-electron chi connectivity index (χ0n) is 11.1. The second-order valence-electron chi connectivity index (χ2n) is 4.30. The maximum Gasteiger partial charge on any atom is 0.125 e. The molecule has 3 N–H and O–H groups in total. The molecule has 0 bridgehead atoms. The first kappa shape index (κ1) is 15.2. The average molecular weight is 356 g/mol. The van der Waals surface area contributed by atoms with Crippen molar-refractivity contribution in [3.8, 4) is 5.75 Å². The van der Waals surface area contributed by atoms with Gasteiger partial charge in [-0.05, 0) is 36.4 Å². The molecule has 0 heterocycles. The normalized spacial score (nSPS) is 12.0. The van der Waals surface area contributed by atoms with E-state index in [9.17, 15) is 0 Å². The van der Waals surface area contributed by atoms with Gasteiger partial charge in [0.05, 0.1) is 13.2 Å². The lowest BCUT2D eigenvalue weighted by molar-refractivity contribution is 0.407. The SMILES string of the molecule is COc1cccc(Cl)c1C(CN)Nc1ccc(Br)cc1. The monoisotopic (exact) mass is 354 g/mol. The summed E-state index contributed by atoms with van der Waals surface area (Å²) in [7, 11) is 1.63. The van der Waals surface area contributed by atoms with Crippen molar-refractivity contribution in [3.63, 3.8) is 0 Å². The van der Waals surface area contributed by atoms with Gasteiger partial charge in [-0.3, -0.25) is 0 Å². The van der Waals surface area contributed by atoms with Crippen LogP contribution >= 0.6 is 27.5 Å². The van der Waals surface area contributed by atoms with Gasteiger partial charge in [-0.15, -0.1) is 0 Å². The van der Waals surface area contributed by atoms with E-state index in [4.69, 9.17) is 22.1 Å². The Balaban J connectivity index is 2.31. The van der Waals surface area contributed by atoms with Gasteiger partial charge in [0.1, 0.15) is 5.75 Å². The van der Waals surface area contributed by atoms with Crippen molar-refractivity contribution in [2.75, 3.05) is 19.0 Å². The van der Waals surface area contributed by atoms with E-state index < -0.39 is 0 Å². The number of ether oxygens (including phenoxy) is 1. The smallest absolute Gasteiger partial charge is 0.125 e. The maximum atomic E-state index is 6.29. The highest BCUT2D eigenvalue weighted by Gasteiger charge is 2.18. The molecule has 106 valence electrons. The summed E-state index contributed by atoms with van der Waals surface area (Å²) in [5, 5.41) is 4.02. The molecule has 0 saturated carbocycles. The van der Waals surface area contributed by atoms with E-state index in [1.54, 1.807) is 7.11 Å². The lowest BCUT2D eigenvalue weighted by atomic mass is 10.0. The molecule has 0 aliphatic heterocycles. The Labute approximate surface area is 132 Å². The summed E-state index contributed by atoms with van der Waals surface area (Å²) in [6.45, 7) is 0.413. The molecule has 20 heavy (non-hydrogen) atoms. The predicted molar refractivity (Wildman–Crippen MR) is 87.6 cm³/mol. The number of halogens is 2. The van der Waals surface area contributed by atoms with Crippen molar-refractivity contribution in [2.24, 2.45) is 5.73 Å². The molecule has 2 aromatic carbocycles. The minimum atomic E-state index is -0.111. The van der Waals surface area contributed by atoms with Crippen molar-refractivity contribution in [1.29, 1.82) is 0 Å². The second kappa shape index (κ2) is 6.97. The van der Waals surface area contributed by atoms with Crippen molar-refractivity contribution >= 4 is 33.2 Å². The lowest BCUT2D eigenvalue weighted by Crippen LogP contribution is -2.21. The second-order valence-corrected chi connectivity index (χ2v) is 5.62. The molecule has 2 aromatic rings. The van der Waals surface area contributed by atoms with Crippen molar-refractivity contribution in [3.05, 3.63) is 57.5 Å². The minimum Gasteiger partial charge on any atom is -0.496 e. The summed E-state index contributed by atoms with van der Waals surface area (Å²) in [4.78, 5) is 0. The van der Waals surface area contributed by atoms with E-state index in [0.29, 0.717) is 11.6 Å². The lowest BCUT2D eigenvalue weighted by Gasteiger charge is -2.22. The van der Waals surface area contributed by atoms with Gasteiger partial charge in [-0.2, -0.15) is 0 Å². The summed E-state index contributed by atoms with van der Waals surface area (Å²) in [5.74, 6) is 0.734. The Hall–Kier alpha value is -1.23. The van der Waals surface area contributed by atoms with Gasteiger partial charge in [0, 0.05) is 27.3 Å². The average Bonchev–Trinajstić information content (AvgIpc) is 2.47.